The Balaban J connectivity index is 2.15. The maximum Gasteiger partial charge on any atom is 0.150 e. The SMILES string of the molecule is N#Cc1cnnc(NC2CC2)c1. The Morgan fingerprint density at radius 2 is 2.42 bits per heavy atom. The number of hydrogen-bond acceptors (Lipinski definition) is 4. The van der Waals surface area contributed by atoms with Crippen LogP contribution in [0, 0.1) is 11.3 Å². The minimum atomic E-state index is 0.549. The molecule has 1 saturated carbocycles. The summed E-state index contributed by atoms with van der Waals surface area (Å²) >= 11 is 0. The fraction of sp³-hybridized carbons (Fsp3) is 0.375. The molecular formula is C8H8N4. The highest BCUT2D eigenvalue weighted by molar-refractivity contribution is 5.41. The molecule has 0 amide bonds. The van der Waals surface area contributed by atoms with Gasteiger partial charge >= 0.3 is 0 Å². The molecule has 60 valence electrons. The molecule has 1 aromatic heterocycles. The molecule has 0 aromatic carbocycles. The van der Waals surface area contributed by atoms with Crippen LogP contribution in [-0.2, 0) is 0 Å². The summed E-state index contributed by atoms with van der Waals surface area (Å²) in [5.41, 5.74) is 0.549. The van der Waals surface area contributed by atoms with E-state index in [4.69, 9.17) is 5.26 Å². The molecule has 1 aliphatic rings. The van der Waals surface area contributed by atoms with Crippen molar-refractivity contribution in [2.24, 2.45) is 0 Å². The van der Waals surface area contributed by atoms with E-state index < -0.39 is 0 Å². The third-order valence-corrected chi connectivity index (χ3v) is 1.71. The smallest absolute Gasteiger partial charge is 0.150 e. The van der Waals surface area contributed by atoms with Gasteiger partial charge in [0.25, 0.3) is 0 Å². The van der Waals surface area contributed by atoms with Crippen molar-refractivity contribution in [2.75, 3.05) is 5.32 Å². The Morgan fingerprint density at radius 3 is 3.08 bits per heavy atom. The van der Waals surface area contributed by atoms with Crippen LogP contribution in [0.5, 0.6) is 0 Å². The Morgan fingerprint density at radius 1 is 1.58 bits per heavy atom. The summed E-state index contributed by atoms with van der Waals surface area (Å²) in [5, 5.41) is 19.3. The number of nitrogens with one attached hydrogen (secondary N) is 1. The zero-order valence-corrected chi connectivity index (χ0v) is 6.49. The van der Waals surface area contributed by atoms with Crippen molar-refractivity contribution in [3.05, 3.63) is 17.8 Å². The topological polar surface area (TPSA) is 61.6 Å². The first-order valence-electron chi connectivity index (χ1n) is 3.88. The lowest BCUT2D eigenvalue weighted by Crippen LogP contribution is -2.03. The summed E-state index contributed by atoms with van der Waals surface area (Å²) in [6.45, 7) is 0. The van der Waals surface area contributed by atoms with Gasteiger partial charge in [-0.1, -0.05) is 0 Å². The normalized spacial score (nSPS) is 15.2. The van der Waals surface area contributed by atoms with Crippen molar-refractivity contribution in [2.45, 2.75) is 18.9 Å². The van der Waals surface area contributed by atoms with Gasteiger partial charge in [0, 0.05) is 12.1 Å². The fourth-order valence-electron chi connectivity index (χ4n) is 0.935. The van der Waals surface area contributed by atoms with E-state index in [0.717, 1.165) is 0 Å². The first-order valence-corrected chi connectivity index (χ1v) is 3.88. The van der Waals surface area contributed by atoms with Gasteiger partial charge in [0.2, 0.25) is 0 Å². The molecule has 0 spiro atoms. The molecule has 0 saturated heterocycles. The Labute approximate surface area is 70.2 Å². The van der Waals surface area contributed by atoms with E-state index in [2.05, 4.69) is 15.5 Å². The molecule has 0 aliphatic heterocycles. The van der Waals surface area contributed by atoms with Crippen LogP contribution >= 0.6 is 0 Å². The Kier molecular flexibility index (Phi) is 1.63. The molecule has 12 heavy (non-hydrogen) atoms. The predicted octanol–water partition coefficient (Wildman–Crippen LogP) is 0.923. The van der Waals surface area contributed by atoms with Crippen molar-refractivity contribution in [1.29, 1.82) is 5.26 Å². The number of aromatic nitrogens is 2. The first-order chi connectivity index (χ1) is 5.88. The summed E-state index contributed by atoms with van der Waals surface area (Å²) in [5.74, 6) is 0.705. The molecule has 4 heteroatoms. The second kappa shape index (κ2) is 2.78. The van der Waals surface area contributed by atoms with E-state index in [9.17, 15) is 0 Å². The van der Waals surface area contributed by atoms with Gasteiger partial charge < -0.3 is 5.32 Å². The van der Waals surface area contributed by atoms with Gasteiger partial charge in [0.05, 0.1) is 11.8 Å². The van der Waals surface area contributed by atoms with Crippen LogP contribution in [0.2, 0.25) is 0 Å². The molecular weight excluding hydrogens is 152 g/mol. The van der Waals surface area contributed by atoms with E-state index in [1.54, 1.807) is 6.07 Å². The maximum atomic E-state index is 8.57. The minimum Gasteiger partial charge on any atom is -0.366 e. The molecule has 0 radical (unpaired) electrons. The highest BCUT2D eigenvalue weighted by Gasteiger charge is 2.21. The molecule has 4 nitrogen and oxygen atoms in total. The Hall–Kier alpha value is -1.63. The van der Waals surface area contributed by atoms with Gasteiger partial charge in [-0.25, -0.2) is 0 Å². The van der Waals surface area contributed by atoms with Crippen LogP contribution in [-0.4, -0.2) is 16.2 Å². The molecule has 1 aromatic rings. The van der Waals surface area contributed by atoms with E-state index in [1.807, 2.05) is 6.07 Å². The molecule has 0 unspecified atom stereocenters. The largest absolute Gasteiger partial charge is 0.366 e. The van der Waals surface area contributed by atoms with E-state index in [1.165, 1.54) is 19.0 Å². The lowest BCUT2D eigenvalue weighted by Gasteiger charge is -2.00. The number of nitriles is 1. The number of nitrogens with zero attached hydrogens (tertiary/aromatic N) is 3. The Bertz CT molecular complexity index is 324. The third-order valence-electron chi connectivity index (χ3n) is 1.71. The second-order valence-corrected chi connectivity index (χ2v) is 2.86. The minimum absolute atomic E-state index is 0.549. The molecule has 1 fully saturated rings. The van der Waals surface area contributed by atoms with Crippen molar-refractivity contribution in [1.82, 2.24) is 10.2 Å². The third kappa shape index (κ3) is 1.51. The van der Waals surface area contributed by atoms with Crippen LogP contribution in [0.1, 0.15) is 18.4 Å². The quantitative estimate of drug-likeness (QED) is 0.698. The van der Waals surface area contributed by atoms with Gasteiger partial charge in [-0.2, -0.15) is 10.4 Å². The van der Waals surface area contributed by atoms with Crippen molar-refractivity contribution in [3.63, 3.8) is 0 Å². The summed E-state index contributed by atoms with van der Waals surface area (Å²) < 4.78 is 0. The van der Waals surface area contributed by atoms with Gasteiger partial charge in [-0.3, -0.25) is 0 Å². The summed E-state index contributed by atoms with van der Waals surface area (Å²) in [6.07, 6.45) is 3.84. The monoisotopic (exact) mass is 160 g/mol. The first kappa shape index (κ1) is 7.04. The van der Waals surface area contributed by atoms with Gasteiger partial charge in [-0.05, 0) is 12.8 Å². The highest BCUT2D eigenvalue weighted by atomic mass is 15.2. The maximum absolute atomic E-state index is 8.57. The van der Waals surface area contributed by atoms with Crippen molar-refractivity contribution < 1.29 is 0 Å². The molecule has 1 N–H and O–H groups in total. The summed E-state index contributed by atoms with van der Waals surface area (Å²) in [6, 6.07) is 4.28. The van der Waals surface area contributed by atoms with Gasteiger partial charge in [-0.15, -0.1) is 5.10 Å². The number of anilines is 1. The van der Waals surface area contributed by atoms with Crippen molar-refractivity contribution >= 4 is 5.82 Å². The number of hydrogen-bond donors (Lipinski definition) is 1. The molecule has 1 heterocycles. The van der Waals surface area contributed by atoms with Gasteiger partial charge in [0.15, 0.2) is 0 Å². The molecule has 2 rings (SSSR count). The van der Waals surface area contributed by atoms with Crippen LogP contribution in [0.3, 0.4) is 0 Å². The summed E-state index contributed by atoms with van der Waals surface area (Å²) in [4.78, 5) is 0. The van der Waals surface area contributed by atoms with Crippen LogP contribution in [0.25, 0.3) is 0 Å². The van der Waals surface area contributed by atoms with E-state index in [0.29, 0.717) is 17.4 Å². The molecule has 1 aliphatic carbocycles. The average molecular weight is 160 g/mol. The van der Waals surface area contributed by atoms with Crippen molar-refractivity contribution in [3.8, 4) is 6.07 Å². The highest BCUT2D eigenvalue weighted by Crippen LogP contribution is 2.23. The molecule has 0 bridgehead atoms. The van der Waals surface area contributed by atoms with Crippen LogP contribution in [0.15, 0.2) is 12.3 Å². The predicted molar refractivity (Wildman–Crippen MR) is 43.4 cm³/mol. The zero-order valence-electron chi connectivity index (χ0n) is 6.49. The van der Waals surface area contributed by atoms with Crippen LogP contribution in [0.4, 0.5) is 5.82 Å². The molecule has 0 atom stereocenters. The summed E-state index contributed by atoms with van der Waals surface area (Å²) in [7, 11) is 0. The van der Waals surface area contributed by atoms with Gasteiger partial charge in [0.1, 0.15) is 11.9 Å². The van der Waals surface area contributed by atoms with E-state index in [-0.39, 0.29) is 0 Å². The average Bonchev–Trinajstić information content (AvgIpc) is 2.89. The number of rotatable bonds is 2. The van der Waals surface area contributed by atoms with E-state index >= 15 is 0 Å². The zero-order chi connectivity index (χ0) is 8.39. The second-order valence-electron chi connectivity index (χ2n) is 2.86. The fourth-order valence-corrected chi connectivity index (χ4v) is 0.935. The standard InChI is InChI=1S/C8H8N4/c9-4-6-3-8(12-10-5-6)11-7-1-2-7/h3,5,7H,1-2H2,(H,11,12). The lowest BCUT2D eigenvalue weighted by atomic mass is 10.3. The lowest BCUT2D eigenvalue weighted by molar-refractivity contribution is 0.994. The van der Waals surface area contributed by atoms with Crippen LogP contribution < -0.4 is 5.32 Å².